The van der Waals surface area contributed by atoms with Crippen LogP contribution in [0.4, 0.5) is 4.79 Å². The van der Waals surface area contributed by atoms with E-state index in [-0.39, 0.29) is 24.7 Å². The summed E-state index contributed by atoms with van der Waals surface area (Å²) in [7, 11) is 0. The van der Waals surface area contributed by atoms with Crippen molar-refractivity contribution in [3.05, 3.63) is 46.3 Å². The number of esters is 1. The molecule has 2 aliphatic rings. The Kier molecular flexibility index (Phi) is 5.15. The van der Waals surface area contributed by atoms with Crippen molar-refractivity contribution in [2.75, 3.05) is 19.9 Å². The van der Waals surface area contributed by atoms with Crippen LogP contribution in [-0.4, -0.2) is 53.5 Å². The van der Waals surface area contributed by atoms with E-state index < -0.39 is 35.8 Å². The van der Waals surface area contributed by atoms with Crippen molar-refractivity contribution in [1.82, 2.24) is 15.2 Å². The van der Waals surface area contributed by atoms with Gasteiger partial charge < -0.3 is 24.5 Å². The number of aryl methyl sites for hydroxylation is 1. The number of amides is 3. The molecule has 0 bridgehead atoms. The third-order valence-electron chi connectivity index (χ3n) is 5.72. The Morgan fingerprint density at radius 3 is 2.62 bits per heavy atom. The van der Waals surface area contributed by atoms with Crippen molar-refractivity contribution >= 4 is 23.7 Å². The van der Waals surface area contributed by atoms with Crippen molar-refractivity contribution in [3.63, 3.8) is 0 Å². The van der Waals surface area contributed by atoms with Crippen LogP contribution in [0.3, 0.4) is 0 Å². The lowest BCUT2D eigenvalue weighted by atomic mass is 9.91. The first-order chi connectivity index (χ1) is 15.2. The van der Waals surface area contributed by atoms with Gasteiger partial charge in [-0.15, -0.1) is 0 Å². The Balaban J connectivity index is 1.58. The maximum atomic E-state index is 13.2. The predicted octanol–water partition coefficient (Wildman–Crippen LogP) is 2.19. The van der Waals surface area contributed by atoms with E-state index in [1.54, 1.807) is 45.9 Å². The zero-order valence-corrected chi connectivity index (χ0v) is 18.2. The van der Waals surface area contributed by atoms with E-state index in [4.69, 9.17) is 14.2 Å². The molecule has 1 saturated heterocycles. The number of imide groups is 1. The van der Waals surface area contributed by atoms with Gasteiger partial charge >= 0.3 is 12.0 Å². The molecule has 0 spiro atoms. The first-order valence-electron chi connectivity index (χ1n) is 10.1. The molecule has 1 unspecified atom stereocenters. The third-order valence-corrected chi connectivity index (χ3v) is 5.72. The number of carbonyl (C=O) groups is 4. The van der Waals surface area contributed by atoms with Crippen molar-refractivity contribution < 1.29 is 33.4 Å². The van der Waals surface area contributed by atoms with Crippen LogP contribution in [0.15, 0.2) is 18.2 Å². The van der Waals surface area contributed by atoms with Gasteiger partial charge in [-0.1, -0.05) is 6.07 Å². The first kappa shape index (κ1) is 21.4. The summed E-state index contributed by atoms with van der Waals surface area (Å²) in [5.74, 6) is -0.573. The van der Waals surface area contributed by atoms with Crippen LogP contribution in [0.1, 0.15) is 51.5 Å². The van der Waals surface area contributed by atoms with Crippen LogP contribution in [-0.2, 0) is 15.1 Å². The molecule has 168 valence electrons. The minimum absolute atomic E-state index is 0.0829. The number of rotatable bonds is 6. The number of aromatic nitrogens is 1. The summed E-state index contributed by atoms with van der Waals surface area (Å²) in [5, 5.41) is 2.67. The molecular weight excluding hydrogens is 418 g/mol. The summed E-state index contributed by atoms with van der Waals surface area (Å²) in [6.07, 6.45) is 0. The van der Waals surface area contributed by atoms with Crippen molar-refractivity contribution in [2.24, 2.45) is 0 Å². The Labute approximate surface area is 183 Å². The second kappa shape index (κ2) is 7.70. The average molecular weight is 441 g/mol. The molecule has 1 aromatic carbocycles. The zero-order chi connectivity index (χ0) is 23.2. The molecule has 4 rings (SSSR count). The molecule has 2 N–H and O–H groups in total. The lowest BCUT2D eigenvalue weighted by molar-refractivity contribution is -0.130. The summed E-state index contributed by atoms with van der Waals surface area (Å²) in [6, 6.07) is 4.29. The molecule has 0 radical (unpaired) electrons. The number of Topliss-reactive ketones (excluding diaryl/α,β-unsaturated/α-hetero) is 1. The maximum Gasteiger partial charge on any atom is 0.355 e. The van der Waals surface area contributed by atoms with Crippen LogP contribution < -0.4 is 14.8 Å². The predicted molar refractivity (Wildman–Crippen MR) is 111 cm³/mol. The van der Waals surface area contributed by atoms with Gasteiger partial charge in [0.2, 0.25) is 6.79 Å². The number of urea groups is 1. The largest absolute Gasteiger partial charge is 0.461 e. The highest BCUT2D eigenvalue weighted by molar-refractivity contribution is 6.12. The van der Waals surface area contributed by atoms with Crippen LogP contribution in [0.5, 0.6) is 11.5 Å². The molecular formula is C22H23N3O7. The van der Waals surface area contributed by atoms with Gasteiger partial charge in [-0.3, -0.25) is 14.5 Å². The van der Waals surface area contributed by atoms with Gasteiger partial charge in [0, 0.05) is 11.3 Å². The lowest BCUT2D eigenvalue weighted by Crippen LogP contribution is -2.41. The van der Waals surface area contributed by atoms with Crippen LogP contribution in [0.25, 0.3) is 0 Å². The molecule has 1 fully saturated rings. The number of benzene rings is 1. The molecule has 3 amide bonds. The highest BCUT2D eigenvalue weighted by Gasteiger charge is 2.50. The van der Waals surface area contributed by atoms with Gasteiger partial charge in [-0.2, -0.15) is 0 Å². The van der Waals surface area contributed by atoms with Crippen LogP contribution >= 0.6 is 0 Å². The summed E-state index contributed by atoms with van der Waals surface area (Å²) < 4.78 is 15.7. The standard InChI is InChI=1S/C22H23N3O7/c1-5-30-19(27)18-11(2)17(12(3)23-18)14(26)9-25-20(28)22(4,24-21(25)29)13-6-7-15-16(8-13)32-10-31-15/h6-8,23H,5,9-10H2,1-4H3,(H,24,29). The number of nitrogens with one attached hydrogen (secondary N) is 2. The highest BCUT2D eigenvalue weighted by Crippen LogP contribution is 2.38. The molecule has 3 heterocycles. The molecule has 32 heavy (non-hydrogen) atoms. The Morgan fingerprint density at radius 2 is 1.91 bits per heavy atom. The number of fused-ring (bicyclic) bond motifs is 1. The van der Waals surface area contributed by atoms with Gasteiger partial charge in [0.25, 0.3) is 5.91 Å². The molecule has 2 aliphatic heterocycles. The van der Waals surface area contributed by atoms with E-state index in [1.165, 1.54) is 0 Å². The van der Waals surface area contributed by atoms with E-state index in [9.17, 15) is 19.2 Å². The summed E-state index contributed by atoms with van der Waals surface area (Å²) >= 11 is 0. The van der Waals surface area contributed by atoms with Gasteiger partial charge in [0.1, 0.15) is 11.2 Å². The topological polar surface area (TPSA) is 127 Å². The normalized spacial score (nSPS) is 19.3. The minimum atomic E-state index is -1.36. The molecule has 0 aliphatic carbocycles. The second-order valence-corrected chi connectivity index (χ2v) is 7.78. The van der Waals surface area contributed by atoms with Gasteiger partial charge in [-0.05, 0) is 51.0 Å². The molecule has 1 atom stereocenters. The quantitative estimate of drug-likeness (QED) is 0.400. The molecule has 1 aromatic heterocycles. The summed E-state index contributed by atoms with van der Waals surface area (Å²) in [5.41, 5.74) is 0.447. The van der Waals surface area contributed by atoms with Gasteiger partial charge in [-0.25, -0.2) is 9.59 Å². The van der Waals surface area contributed by atoms with E-state index in [0.717, 1.165) is 4.90 Å². The fourth-order valence-electron chi connectivity index (χ4n) is 4.04. The van der Waals surface area contributed by atoms with E-state index in [2.05, 4.69) is 10.3 Å². The number of H-pyrrole nitrogens is 1. The first-order valence-corrected chi connectivity index (χ1v) is 10.1. The fourth-order valence-corrected chi connectivity index (χ4v) is 4.04. The fraction of sp³-hybridized carbons (Fsp3) is 0.364. The van der Waals surface area contributed by atoms with Crippen molar-refractivity contribution in [2.45, 2.75) is 33.2 Å². The monoisotopic (exact) mass is 441 g/mol. The Morgan fingerprint density at radius 1 is 1.19 bits per heavy atom. The van der Waals surface area contributed by atoms with Crippen molar-refractivity contribution in [3.8, 4) is 11.5 Å². The van der Waals surface area contributed by atoms with Crippen LogP contribution in [0.2, 0.25) is 0 Å². The second-order valence-electron chi connectivity index (χ2n) is 7.78. The van der Waals surface area contributed by atoms with Crippen LogP contribution in [0, 0.1) is 13.8 Å². The number of ether oxygens (including phenoxy) is 3. The van der Waals surface area contributed by atoms with E-state index in [1.807, 2.05) is 0 Å². The molecule has 0 saturated carbocycles. The SMILES string of the molecule is CCOC(=O)c1[nH]c(C)c(C(=O)CN2C(=O)NC(C)(c3ccc4c(c3)OCO4)C2=O)c1C. The van der Waals surface area contributed by atoms with E-state index in [0.29, 0.717) is 28.3 Å². The number of carbonyl (C=O) groups excluding carboxylic acids is 4. The zero-order valence-electron chi connectivity index (χ0n) is 18.2. The lowest BCUT2D eigenvalue weighted by Gasteiger charge is -2.22. The van der Waals surface area contributed by atoms with Gasteiger partial charge in [0.15, 0.2) is 17.3 Å². The summed E-state index contributed by atoms with van der Waals surface area (Å²) in [4.78, 5) is 54.8. The van der Waals surface area contributed by atoms with E-state index >= 15 is 0 Å². The number of hydrogen-bond acceptors (Lipinski definition) is 7. The molecule has 10 heteroatoms. The summed E-state index contributed by atoms with van der Waals surface area (Å²) in [6.45, 7) is 6.33. The Bertz CT molecular complexity index is 1150. The average Bonchev–Trinajstić information content (AvgIpc) is 3.39. The number of aromatic amines is 1. The maximum absolute atomic E-state index is 13.2. The van der Waals surface area contributed by atoms with Crippen molar-refractivity contribution in [1.29, 1.82) is 0 Å². The Hall–Kier alpha value is -3.82. The smallest absolute Gasteiger partial charge is 0.355 e. The molecule has 2 aromatic rings. The number of nitrogens with zero attached hydrogens (tertiary/aromatic N) is 1. The minimum Gasteiger partial charge on any atom is -0.461 e. The highest BCUT2D eigenvalue weighted by atomic mass is 16.7. The molecule has 10 nitrogen and oxygen atoms in total. The number of ketones is 1. The third kappa shape index (κ3) is 3.28. The van der Waals surface area contributed by atoms with Gasteiger partial charge in [0.05, 0.1) is 13.2 Å². The number of hydrogen-bond donors (Lipinski definition) is 2.